The van der Waals surface area contributed by atoms with Gasteiger partial charge in [0.1, 0.15) is 6.04 Å². The molecule has 0 saturated heterocycles. The van der Waals surface area contributed by atoms with Crippen LogP contribution in [-0.4, -0.2) is 53.5 Å². The molecular formula is C19H44NO3P. The first kappa shape index (κ1) is 26.1. The fourth-order valence-electron chi connectivity index (χ4n) is 3.04. The molecule has 0 fully saturated rings. The summed E-state index contributed by atoms with van der Waals surface area (Å²) < 4.78 is 0. The molecule has 0 aliphatic heterocycles. The average Bonchev–Trinajstić information content (AvgIpc) is 2.60. The zero-order chi connectivity index (χ0) is 18.8. The minimum atomic E-state index is -1.18. The predicted octanol–water partition coefficient (Wildman–Crippen LogP) is 4.33. The van der Waals surface area contributed by atoms with Crippen molar-refractivity contribution in [3.05, 3.63) is 0 Å². The summed E-state index contributed by atoms with van der Waals surface area (Å²) in [5.41, 5.74) is 4.77. The summed E-state index contributed by atoms with van der Waals surface area (Å²) in [5, 5.41) is 15.9. The van der Waals surface area contributed by atoms with Gasteiger partial charge >= 0.3 is 117 Å². The Morgan fingerprint density at radius 3 is 1.25 bits per heavy atom. The van der Waals surface area contributed by atoms with Gasteiger partial charge in [-0.3, -0.25) is 4.79 Å². The maximum Gasteiger partial charge on any atom is 0.322 e. The van der Waals surface area contributed by atoms with Crippen LogP contribution in [0.15, 0.2) is 0 Å². The van der Waals surface area contributed by atoms with Gasteiger partial charge in [-0.2, -0.15) is 0 Å². The van der Waals surface area contributed by atoms with Crippen LogP contribution >= 0.6 is 7.26 Å². The molecule has 0 radical (unpaired) electrons. The largest absolute Gasteiger partial charge is 0.480 e. The zero-order valence-corrected chi connectivity index (χ0v) is 17.6. The minimum absolute atomic E-state index is 0.505. The van der Waals surface area contributed by atoms with E-state index in [9.17, 15) is 4.79 Å². The van der Waals surface area contributed by atoms with Gasteiger partial charge in [-0.1, -0.05) is 0 Å². The number of aliphatic hydroxyl groups is 1. The molecule has 0 saturated carbocycles. The second kappa shape index (κ2) is 17.6. The van der Waals surface area contributed by atoms with Crippen molar-refractivity contribution in [1.82, 2.24) is 0 Å². The van der Waals surface area contributed by atoms with Crippen molar-refractivity contribution >= 4 is 13.2 Å². The van der Waals surface area contributed by atoms with Crippen LogP contribution in [0.1, 0.15) is 79.1 Å². The van der Waals surface area contributed by atoms with Crippen molar-refractivity contribution in [3.63, 3.8) is 0 Å². The molecule has 1 atom stereocenters. The first-order valence-electron chi connectivity index (χ1n) is 10.0. The molecule has 4 nitrogen and oxygen atoms in total. The first-order chi connectivity index (χ1) is 11.4. The number of hydrogen-bond donors (Lipinski definition) is 3. The molecule has 0 rings (SSSR count). The van der Waals surface area contributed by atoms with E-state index in [0.717, 1.165) is 0 Å². The Morgan fingerprint density at radius 1 is 0.833 bits per heavy atom. The summed E-state index contributed by atoms with van der Waals surface area (Å²) in [7, 11) is -0.879. The van der Waals surface area contributed by atoms with E-state index in [1.54, 1.807) is 24.6 Å². The Balaban J connectivity index is 0. The SMILES string of the molecule is CCCC[PH](CCCC)(CCCC)CCCC.NC(CO)C(=O)O. The number of hydrogen-bond acceptors (Lipinski definition) is 3. The van der Waals surface area contributed by atoms with E-state index in [1.807, 2.05) is 0 Å². The van der Waals surface area contributed by atoms with Crippen LogP contribution < -0.4 is 5.73 Å². The monoisotopic (exact) mass is 365 g/mol. The standard InChI is InChI=1S/C16H37P.C3H7NO3/c1-5-9-13-17(14-10-6-2,15-11-7-3)16-12-8-4;4-2(1-5)3(6)7/h17H,5-16H2,1-4H3;2,5H,1,4H2,(H,6,7). The van der Waals surface area contributed by atoms with E-state index < -0.39 is 25.9 Å². The number of unbranched alkanes of at least 4 members (excludes halogenated alkanes) is 4. The molecule has 0 spiro atoms. The molecule has 0 heterocycles. The maximum absolute atomic E-state index is 9.65. The number of rotatable bonds is 14. The van der Waals surface area contributed by atoms with Gasteiger partial charge in [-0.05, 0) is 0 Å². The van der Waals surface area contributed by atoms with Gasteiger partial charge in [0, 0.05) is 0 Å². The van der Waals surface area contributed by atoms with Crippen molar-refractivity contribution in [2.45, 2.75) is 85.1 Å². The Labute approximate surface area is 150 Å². The quantitative estimate of drug-likeness (QED) is 0.400. The van der Waals surface area contributed by atoms with Crippen LogP contribution in [0.4, 0.5) is 0 Å². The topological polar surface area (TPSA) is 83.5 Å². The van der Waals surface area contributed by atoms with Crippen molar-refractivity contribution in [2.75, 3.05) is 31.3 Å². The zero-order valence-electron chi connectivity index (χ0n) is 16.6. The smallest absolute Gasteiger partial charge is 0.322 e. The molecular weight excluding hydrogens is 321 g/mol. The molecule has 0 bridgehead atoms. The van der Waals surface area contributed by atoms with E-state index >= 15 is 0 Å². The summed E-state index contributed by atoms with van der Waals surface area (Å²) in [6.07, 6.45) is 18.1. The van der Waals surface area contributed by atoms with E-state index in [1.165, 1.54) is 51.4 Å². The van der Waals surface area contributed by atoms with Gasteiger partial charge in [0.05, 0.1) is 6.61 Å². The Kier molecular flexibility index (Phi) is 19.1. The van der Waals surface area contributed by atoms with Gasteiger partial charge in [0.15, 0.2) is 0 Å². The normalized spacial score (nSPS) is 13.1. The number of carboxylic acids is 1. The Bertz CT molecular complexity index is 250. The molecule has 0 aromatic carbocycles. The summed E-state index contributed by atoms with van der Waals surface area (Å²) in [6.45, 7) is 8.93. The van der Waals surface area contributed by atoms with Gasteiger partial charge in [0.2, 0.25) is 0 Å². The third kappa shape index (κ3) is 14.2. The van der Waals surface area contributed by atoms with Crippen molar-refractivity contribution < 1.29 is 15.0 Å². The number of carboxylic acid groups (broad SMARTS) is 1. The van der Waals surface area contributed by atoms with Gasteiger partial charge in [-0.15, -0.1) is 0 Å². The third-order valence-corrected chi connectivity index (χ3v) is 10.4. The van der Waals surface area contributed by atoms with Crippen LogP contribution in [0, 0.1) is 0 Å². The molecule has 0 aromatic rings. The van der Waals surface area contributed by atoms with Crippen molar-refractivity contribution in [3.8, 4) is 0 Å². The third-order valence-electron chi connectivity index (χ3n) is 4.76. The molecule has 0 amide bonds. The number of carbonyl (C=O) groups is 1. The van der Waals surface area contributed by atoms with Crippen molar-refractivity contribution in [1.29, 1.82) is 0 Å². The van der Waals surface area contributed by atoms with Crippen LogP contribution in [0.25, 0.3) is 0 Å². The summed E-state index contributed by atoms with van der Waals surface area (Å²) in [4.78, 5) is 9.65. The Morgan fingerprint density at radius 2 is 1.12 bits per heavy atom. The molecule has 0 aromatic heterocycles. The summed E-state index contributed by atoms with van der Waals surface area (Å²) in [5.74, 6) is -1.18. The second-order valence-corrected chi connectivity index (χ2v) is 12.0. The Hall–Kier alpha value is -0.180. The summed E-state index contributed by atoms with van der Waals surface area (Å²) in [6, 6.07) is -1.13. The van der Waals surface area contributed by atoms with Crippen LogP contribution in [-0.2, 0) is 4.79 Å². The van der Waals surface area contributed by atoms with Crippen LogP contribution in [0.3, 0.4) is 0 Å². The molecule has 1 unspecified atom stereocenters. The van der Waals surface area contributed by atoms with E-state index in [2.05, 4.69) is 27.7 Å². The van der Waals surface area contributed by atoms with E-state index in [-0.39, 0.29) is 0 Å². The summed E-state index contributed by atoms with van der Waals surface area (Å²) >= 11 is 0. The predicted molar refractivity (Wildman–Crippen MR) is 110 cm³/mol. The second-order valence-electron chi connectivity index (χ2n) is 7.04. The minimum Gasteiger partial charge on any atom is -0.480 e. The fourth-order valence-corrected chi connectivity index (χ4v) is 8.95. The molecule has 5 heteroatoms. The van der Waals surface area contributed by atoms with Crippen LogP contribution in [0.5, 0.6) is 0 Å². The fraction of sp³-hybridized carbons (Fsp3) is 0.947. The molecule has 148 valence electrons. The van der Waals surface area contributed by atoms with Crippen molar-refractivity contribution in [2.24, 2.45) is 5.73 Å². The molecule has 4 N–H and O–H groups in total. The number of aliphatic carboxylic acids is 1. The van der Waals surface area contributed by atoms with Gasteiger partial charge in [-0.25, -0.2) is 0 Å². The molecule has 0 aliphatic carbocycles. The number of nitrogens with two attached hydrogens (primary N) is 1. The first-order valence-corrected chi connectivity index (χ1v) is 12.8. The van der Waals surface area contributed by atoms with Gasteiger partial charge in [0.25, 0.3) is 0 Å². The molecule has 0 aliphatic rings. The average molecular weight is 366 g/mol. The van der Waals surface area contributed by atoms with Gasteiger partial charge < -0.3 is 15.9 Å². The number of aliphatic hydroxyl groups excluding tert-OH is 1. The molecule has 24 heavy (non-hydrogen) atoms. The maximum atomic E-state index is 9.65. The van der Waals surface area contributed by atoms with E-state index in [4.69, 9.17) is 15.9 Å². The van der Waals surface area contributed by atoms with Crippen LogP contribution in [0.2, 0.25) is 0 Å². The van der Waals surface area contributed by atoms with E-state index in [0.29, 0.717) is 0 Å².